The van der Waals surface area contributed by atoms with Crippen molar-refractivity contribution in [1.29, 1.82) is 0 Å². The number of anilines is 2. The van der Waals surface area contributed by atoms with Gasteiger partial charge < -0.3 is 19.4 Å². The van der Waals surface area contributed by atoms with E-state index in [-0.39, 0.29) is 12.5 Å². The lowest BCUT2D eigenvalue weighted by Crippen LogP contribution is -2.24. The molecule has 4 rings (SSSR count). The average molecular weight is 379 g/mol. The van der Waals surface area contributed by atoms with Gasteiger partial charge in [0.15, 0.2) is 5.58 Å². The Morgan fingerprint density at radius 3 is 2.82 bits per heavy atom. The van der Waals surface area contributed by atoms with Gasteiger partial charge in [-0.2, -0.15) is 4.98 Å². The number of aliphatic hydroxyl groups is 1. The second-order valence-corrected chi connectivity index (χ2v) is 6.50. The van der Waals surface area contributed by atoms with Crippen molar-refractivity contribution in [2.24, 2.45) is 7.05 Å². The largest absolute Gasteiger partial charge is 0.423 e. The third kappa shape index (κ3) is 3.54. The minimum Gasteiger partial charge on any atom is -0.423 e. The molecular weight excluding hydrogens is 358 g/mol. The maximum absolute atomic E-state index is 12.3. The standard InChI is InChI=1S/C20H21N5O3/c1-25-16-9-8-13(18(27)21-10-4-5-11-26)12-15(16)22-19(25)24-20-23-14-6-2-3-7-17(14)28-20/h2-3,6-9,12,26H,4-5,10-11H2,1H3,(H,21,27)(H,22,23,24). The Hall–Kier alpha value is -3.39. The van der Waals surface area contributed by atoms with Crippen molar-refractivity contribution in [2.45, 2.75) is 12.8 Å². The molecule has 0 unspecified atom stereocenters. The second-order valence-electron chi connectivity index (χ2n) is 6.50. The number of hydrogen-bond donors (Lipinski definition) is 3. The maximum atomic E-state index is 12.3. The number of fused-ring (bicyclic) bond motifs is 2. The van der Waals surface area contributed by atoms with Crippen LogP contribution in [0.4, 0.5) is 12.0 Å². The van der Waals surface area contributed by atoms with E-state index in [1.54, 1.807) is 12.1 Å². The van der Waals surface area contributed by atoms with Crippen LogP contribution in [0.2, 0.25) is 0 Å². The normalized spacial score (nSPS) is 11.2. The number of carbonyl (C=O) groups is 1. The predicted octanol–water partition coefficient (Wildman–Crippen LogP) is 2.96. The number of benzene rings is 2. The van der Waals surface area contributed by atoms with Gasteiger partial charge in [-0.05, 0) is 43.2 Å². The molecule has 0 spiro atoms. The molecule has 0 radical (unpaired) electrons. The highest BCUT2D eigenvalue weighted by atomic mass is 16.4. The Bertz CT molecular complexity index is 1100. The van der Waals surface area contributed by atoms with E-state index in [0.29, 0.717) is 41.6 Å². The van der Waals surface area contributed by atoms with E-state index in [0.717, 1.165) is 17.5 Å². The smallest absolute Gasteiger partial charge is 0.302 e. The van der Waals surface area contributed by atoms with E-state index in [2.05, 4.69) is 20.6 Å². The first-order valence-corrected chi connectivity index (χ1v) is 9.14. The number of rotatable bonds is 7. The van der Waals surface area contributed by atoms with Crippen LogP contribution in [0.15, 0.2) is 46.9 Å². The zero-order chi connectivity index (χ0) is 19.5. The van der Waals surface area contributed by atoms with Crippen LogP contribution in [0.1, 0.15) is 23.2 Å². The summed E-state index contributed by atoms with van der Waals surface area (Å²) in [5.41, 5.74) is 3.59. The molecule has 2 heterocycles. The van der Waals surface area contributed by atoms with Crippen LogP contribution in [0.25, 0.3) is 22.1 Å². The Morgan fingerprint density at radius 1 is 1.14 bits per heavy atom. The highest BCUT2D eigenvalue weighted by Gasteiger charge is 2.14. The summed E-state index contributed by atoms with van der Waals surface area (Å²) in [4.78, 5) is 21.3. The van der Waals surface area contributed by atoms with Gasteiger partial charge in [-0.15, -0.1) is 0 Å². The Labute approximate surface area is 161 Å². The van der Waals surface area contributed by atoms with Gasteiger partial charge in [0, 0.05) is 25.8 Å². The van der Waals surface area contributed by atoms with Gasteiger partial charge in [-0.25, -0.2) is 4.98 Å². The number of carbonyl (C=O) groups excluding carboxylic acids is 1. The van der Waals surface area contributed by atoms with Crippen molar-refractivity contribution in [3.8, 4) is 0 Å². The monoisotopic (exact) mass is 379 g/mol. The van der Waals surface area contributed by atoms with Crippen LogP contribution in [0.5, 0.6) is 0 Å². The summed E-state index contributed by atoms with van der Waals surface area (Å²) in [5.74, 6) is 0.418. The number of nitrogens with one attached hydrogen (secondary N) is 2. The summed E-state index contributed by atoms with van der Waals surface area (Å²) in [6.45, 7) is 0.663. The van der Waals surface area contributed by atoms with E-state index in [1.165, 1.54) is 0 Å². The van der Waals surface area contributed by atoms with E-state index in [1.807, 2.05) is 41.9 Å². The Balaban J connectivity index is 1.55. The predicted molar refractivity (Wildman–Crippen MR) is 107 cm³/mol. The molecule has 0 aliphatic carbocycles. The zero-order valence-electron chi connectivity index (χ0n) is 15.5. The van der Waals surface area contributed by atoms with Crippen LogP contribution in [-0.4, -0.2) is 38.7 Å². The first kappa shape index (κ1) is 18.0. The minimum atomic E-state index is -0.154. The zero-order valence-corrected chi connectivity index (χ0v) is 15.5. The topological polar surface area (TPSA) is 105 Å². The molecule has 0 aliphatic rings. The van der Waals surface area contributed by atoms with E-state index >= 15 is 0 Å². The van der Waals surface area contributed by atoms with Gasteiger partial charge in [0.1, 0.15) is 5.52 Å². The molecule has 8 heteroatoms. The van der Waals surface area contributed by atoms with E-state index in [9.17, 15) is 4.79 Å². The summed E-state index contributed by atoms with van der Waals surface area (Å²) in [5, 5.41) is 14.7. The SMILES string of the molecule is Cn1c(Nc2nc3ccccc3o2)nc2cc(C(=O)NCCCCO)ccc21. The molecule has 2 aromatic carbocycles. The number of hydrogen-bond acceptors (Lipinski definition) is 6. The molecule has 8 nitrogen and oxygen atoms in total. The third-order valence-corrected chi connectivity index (χ3v) is 4.53. The van der Waals surface area contributed by atoms with Crippen molar-refractivity contribution in [3.63, 3.8) is 0 Å². The number of imidazole rings is 1. The lowest BCUT2D eigenvalue weighted by molar-refractivity contribution is 0.0952. The average Bonchev–Trinajstić information content (AvgIpc) is 3.25. The van der Waals surface area contributed by atoms with Gasteiger partial charge in [0.05, 0.1) is 11.0 Å². The second kappa shape index (κ2) is 7.69. The molecule has 144 valence electrons. The van der Waals surface area contributed by atoms with Crippen LogP contribution in [0, 0.1) is 0 Å². The molecule has 0 aliphatic heterocycles. The Kier molecular flexibility index (Phi) is 4.94. The molecule has 0 atom stereocenters. The fraction of sp³-hybridized carbons (Fsp3) is 0.250. The molecular formula is C20H21N5O3. The van der Waals surface area contributed by atoms with Gasteiger partial charge >= 0.3 is 6.01 Å². The van der Waals surface area contributed by atoms with Gasteiger partial charge in [-0.3, -0.25) is 10.1 Å². The molecule has 28 heavy (non-hydrogen) atoms. The molecule has 3 N–H and O–H groups in total. The lowest BCUT2D eigenvalue weighted by Gasteiger charge is -2.05. The number of oxazole rings is 1. The molecule has 2 aromatic heterocycles. The van der Waals surface area contributed by atoms with Gasteiger partial charge in [-0.1, -0.05) is 12.1 Å². The maximum Gasteiger partial charge on any atom is 0.302 e. The first-order chi connectivity index (χ1) is 13.7. The summed E-state index contributed by atoms with van der Waals surface area (Å²) >= 11 is 0. The van der Waals surface area contributed by atoms with Gasteiger partial charge in [0.2, 0.25) is 5.95 Å². The van der Waals surface area contributed by atoms with Crippen LogP contribution < -0.4 is 10.6 Å². The van der Waals surface area contributed by atoms with Crippen LogP contribution in [-0.2, 0) is 7.05 Å². The number of para-hydroxylation sites is 2. The number of unbranched alkanes of at least 4 members (excludes halogenated alkanes) is 1. The minimum absolute atomic E-state index is 0.131. The Morgan fingerprint density at radius 2 is 2.00 bits per heavy atom. The van der Waals surface area contributed by atoms with Crippen molar-refractivity contribution in [2.75, 3.05) is 18.5 Å². The summed E-state index contributed by atoms with van der Waals surface area (Å²) < 4.78 is 7.57. The fourth-order valence-corrected chi connectivity index (χ4v) is 3.01. The third-order valence-electron chi connectivity index (χ3n) is 4.53. The number of aliphatic hydroxyl groups excluding tert-OH is 1. The number of nitrogens with zero attached hydrogens (tertiary/aromatic N) is 3. The molecule has 1 amide bonds. The van der Waals surface area contributed by atoms with Crippen molar-refractivity contribution in [3.05, 3.63) is 48.0 Å². The summed E-state index contributed by atoms with van der Waals surface area (Å²) in [6, 6.07) is 13.3. The lowest BCUT2D eigenvalue weighted by atomic mass is 10.2. The molecule has 0 bridgehead atoms. The molecule has 0 fully saturated rings. The van der Waals surface area contributed by atoms with Crippen molar-refractivity contribution >= 4 is 40.0 Å². The quantitative estimate of drug-likeness (QED) is 0.426. The summed E-state index contributed by atoms with van der Waals surface area (Å²) in [6.07, 6.45) is 1.41. The first-order valence-electron chi connectivity index (χ1n) is 9.14. The molecule has 0 saturated carbocycles. The summed E-state index contributed by atoms with van der Waals surface area (Å²) in [7, 11) is 1.88. The van der Waals surface area contributed by atoms with Crippen molar-refractivity contribution in [1.82, 2.24) is 19.9 Å². The number of aromatic nitrogens is 3. The highest BCUT2D eigenvalue weighted by Crippen LogP contribution is 2.24. The number of aryl methyl sites for hydroxylation is 1. The van der Waals surface area contributed by atoms with E-state index < -0.39 is 0 Å². The van der Waals surface area contributed by atoms with Crippen LogP contribution >= 0.6 is 0 Å². The molecule has 4 aromatic rings. The van der Waals surface area contributed by atoms with Crippen molar-refractivity contribution < 1.29 is 14.3 Å². The highest BCUT2D eigenvalue weighted by molar-refractivity contribution is 5.97. The fourth-order valence-electron chi connectivity index (χ4n) is 3.01. The van der Waals surface area contributed by atoms with E-state index in [4.69, 9.17) is 9.52 Å². The van der Waals surface area contributed by atoms with Gasteiger partial charge in [0.25, 0.3) is 5.91 Å². The number of amides is 1. The molecule has 0 saturated heterocycles. The van der Waals surface area contributed by atoms with Crippen LogP contribution in [0.3, 0.4) is 0 Å².